The summed E-state index contributed by atoms with van der Waals surface area (Å²) < 4.78 is 32.5. The van der Waals surface area contributed by atoms with E-state index >= 15 is 0 Å². The van der Waals surface area contributed by atoms with Gasteiger partial charge in [-0.2, -0.15) is 0 Å². The largest absolute Gasteiger partial charge is 0.497 e. The Hall–Kier alpha value is -1.80. The number of nitrogens with zero attached hydrogens (tertiary/aromatic N) is 2. The zero-order valence-electron chi connectivity index (χ0n) is 14.7. The molecular weight excluding hydrogens is 340 g/mol. The number of hydrogen-bond acceptors (Lipinski definition) is 6. The second-order valence-corrected chi connectivity index (χ2v) is 8.36. The van der Waals surface area contributed by atoms with Crippen molar-refractivity contribution in [3.8, 4) is 5.75 Å². The lowest BCUT2D eigenvalue weighted by Crippen LogP contribution is -2.54. The fourth-order valence-corrected chi connectivity index (χ4v) is 4.52. The van der Waals surface area contributed by atoms with E-state index < -0.39 is 10.0 Å². The maximum absolute atomic E-state index is 12.4. The summed E-state index contributed by atoms with van der Waals surface area (Å²) in [5.74, 6) is 1.57. The van der Waals surface area contributed by atoms with E-state index in [0.717, 1.165) is 0 Å². The van der Waals surface area contributed by atoms with Crippen LogP contribution in [-0.2, 0) is 10.0 Å². The van der Waals surface area contributed by atoms with Gasteiger partial charge in [0.15, 0.2) is 0 Å². The summed E-state index contributed by atoms with van der Waals surface area (Å²) in [5, 5.41) is 3.10. The van der Waals surface area contributed by atoms with Crippen LogP contribution in [-0.4, -0.2) is 45.8 Å². The summed E-state index contributed by atoms with van der Waals surface area (Å²) in [6.07, 6.45) is 4.99. The monoisotopic (exact) mass is 366 g/mol. The van der Waals surface area contributed by atoms with Gasteiger partial charge in [-0.3, -0.25) is 4.90 Å². The molecule has 8 heteroatoms. The molecule has 25 heavy (non-hydrogen) atoms. The van der Waals surface area contributed by atoms with Crippen molar-refractivity contribution in [3.63, 3.8) is 0 Å². The molecule has 1 saturated carbocycles. The molecule has 3 rings (SSSR count). The van der Waals surface area contributed by atoms with E-state index in [1.54, 1.807) is 19.2 Å². The molecule has 0 unspecified atom stereocenters. The Morgan fingerprint density at radius 3 is 2.56 bits per heavy atom. The van der Waals surface area contributed by atoms with Crippen molar-refractivity contribution in [2.24, 2.45) is 10.9 Å². The standard InChI is InChI=1S/C17H26N4O3S/c1-13-5-3-4-6-16(13)21-11-18-17(19-12-21)20-25(22,23)15-9-7-14(24-2)8-10-15/h7-10,13,16H,3-6,11-12H2,1-2H3,(H2,18,19,20)/t13-,16+/m0/s1. The molecule has 1 aromatic rings. The lowest BCUT2D eigenvalue weighted by atomic mass is 9.85. The quantitative estimate of drug-likeness (QED) is 0.848. The average molecular weight is 366 g/mol. The summed E-state index contributed by atoms with van der Waals surface area (Å²) in [6, 6.07) is 6.79. The maximum Gasteiger partial charge on any atom is 0.264 e. The van der Waals surface area contributed by atoms with Crippen molar-refractivity contribution >= 4 is 16.0 Å². The predicted octanol–water partition coefficient (Wildman–Crippen LogP) is 1.73. The minimum atomic E-state index is -3.66. The van der Waals surface area contributed by atoms with Gasteiger partial charge in [-0.05, 0) is 43.0 Å². The zero-order chi connectivity index (χ0) is 17.9. The van der Waals surface area contributed by atoms with E-state index in [0.29, 0.717) is 37.0 Å². The van der Waals surface area contributed by atoms with E-state index in [1.807, 2.05) is 0 Å². The molecule has 1 aliphatic carbocycles. The van der Waals surface area contributed by atoms with Crippen molar-refractivity contribution in [3.05, 3.63) is 24.3 Å². The Labute approximate surface area is 149 Å². The Balaban J connectivity index is 1.63. The maximum atomic E-state index is 12.4. The van der Waals surface area contributed by atoms with Crippen molar-refractivity contribution in [1.82, 2.24) is 14.9 Å². The smallest absolute Gasteiger partial charge is 0.264 e. The molecule has 0 radical (unpaired) electrons. The van der Waals surface area contributed by atoms with Crippen LogP contribution >= 0.6 is 0 Å². The van der Waals surface area contributed by atoms with Gasteiger partial charge in [-0.25, -0.2) is 18.1 Å². The number of rotatable bonds is 4. The summed E-state index contributed by atoms with van der Waals surface area (Å²) in [6.45, 7) is 3.41. The van der Waals surface area contributed by atoms with Crippen LogP contribution in [0.1, 0.15) is 32.6 Å². The van der Waals surface area contributed by atoms with E-state index in [1.165, 1.54) is 37.8 Å². The van der Waals surface area contributed by atoms with Crippen LogP contribution in [0.3, 0.4) is 0 Å². The molecule has 0 saturated heterocycles. The molecule has 138 valence electrons. The summed E-state index contributed by atoms with van der Waals surface area (Å²) in [7, 11) is -2.11. The van der Waals surface area contributed by atoms with Gasteiger partial charge in [0.05, 0.1) is 25.3 Å². The van der Waals surface area contributed by atoms with Crippen LogP contribution < -0.4 is 14.8 Å². The average Bonchev–Trinajstić information content (AvgIpc) is 2.63. The first-order valence-corrected chi connectivity index (χ1v) is 10.2. The Morgan fingerprint density at radius 2 is 1.96 bits per heavy atom. The van der Waals surface area contributed by atoms with Crippen LogP contribution in [0, 0.1) is 5.92 Å². The second kappa shape index (κ2) is 7.61. The van der Waals surface area contributed by atoms with Crippen LogP contribution in [0.5, 0.6) is 5.75 Å². The highest BCUT2D eigenvalue weighted by atomic mass is 32.2. The van der Waals surface area contributed by atoms with Crippen LogP contribution in [0.25, 0.3) is 0 Å². The first-order chi connectivity index (χ1) is 12.0. The van der Waals surface area contributed by atoms with Gasteiger partial charge >= 0.3 is 0 Å². The predicted molar refractivity (Wildman–Crippen MR) is 96.9 cm³/mol. The molecule has 1 heterocycles. The van der Waals surface area contributed by atoms with E-state index in [2.05, 4.69) is 26.9 Å². The summed E-state index contributed by atoms with van der Waals surface area (Å²) in [5.41, 5.74) is 0. The van der Waals surface area contributed by atoms with Gasteiger partial charge in [-0.15, -0.1) is 0 Å². The lowest BCUT2D eigenvalue weighted by Gasteiger charge is -2.39. The van der Waals surface area contributed by atoms with Gasteiger partial charge < -0.3 is 10.1 Å². The highest BCUT2D eigenvalue weighted by molar-refractivity contribution is 7.90. The van der Waals surface area contributed by atoms with E-state index in [9.17, 15) is 8.42 Å². The number of sulfonamides is 1. The molecule has 1 aliphatic heterocycles. The number of benzene rings is 1. The van der Waals surface area contributed by atoms with Gasteiger partial charge in [-0.1, -0.05) is 19.8 Å². The van der Waals surface area contributed by atoms with Gasteiger partial charge in [0, 0.05) is 6.04 Å². The van der Waals surface area contributed by atoms with Crippen molar-refractivity contribution in [1.29, 1.82) is 0 Å². The summed E-state index contributed by atoms with van der Waals surface area (Å²) in [4.78, 5) is 6.85. The van der Waals surface area contributed by atoms with Crippen LogP contribution in [0.2, 0.25) is 0 Å². The first-order valence-electron chi connectivity index (χ1n) is 8.69. The molecule has 2 aliphatic rings. The third kappa shape index (κ3) is 4.24. The minimum Gasteiger partial charge on any atom is -0.497 e. The normalized spacial score (nSPS) is 25.0. The third-order valence-electron chi connectivity index (χ3n) is 5.00. The number of hydrogen-bond donors (Lipinski definition) is 2. The molecule has 0 bridgehead atoms. The zero-order valence-corrected chi connectivity index (χ0v) is 15.6. The van der Waals surface area contributed by atoms with E-state index in [-0.39, 0.29) is 4.90 Å². The lowest BCUT2D eigenvalue weighted by molar-refractivity contribution is 0.106. The van der Waals surface area contributed by atoms with Crippen molar-refractivity contribution in [2.75, 3.05) is 20.4 Å². The molecule has 1 aromatic carbocycles. The molecule has 0 amide bonds. The molecular formula is C17H26N4O3S. The first kappa shape index (κ1) is 18.0. The van der Waals surface area contributed by atoms with Crippen LogP contribution in [0.15, 0.2) is 34.2 Å². The Kier molecular flexibility index (Phi) is 5.48. The number of ether oxygens (including phenoxy) is 1. The molecule has 2 N–H and O–H groups in total. The van der Waals surface area contributed by atoms with Crippen molar-refractivity contribution in [2.45, 2.75) is 43.5 Å². The van der Waals surface area contributed by atoms with Gasteiger partial charge in [0.2, 0.25) is 5.96 Å². The third-order valence-corrected chi connectivity index (χ3v) is 6.35. The van der Waals surface area contributed by atoms with E-state index in [4.69, 9.17) is 4.74 Å². The second-order valence-electron chi connectivity index (χ2n) is 6.68. The molecule has 2 atom stereocenters. The number of guanidine groups is 1. The topological polar surface area (TPSA) is 83.0 Å². The van der Waals surface area contributed by atoms with Crippen molar-refractivity contribution < 1.29 is 13.2 Å². The number of methoxy groups -OCH3 is 1. The molecule has 0 spiro atoms. The molecule has 1 fully saturated rings. The highest BCUT2D eigenvalue weighted by Gasteiger charge is 2.29. The van der Waals surface area contributed by atoms with Gasteiger partial charge in [0.25, 0.3) is 10.0 Å². The Morgan fingerprint density at radius 1 is 1.24 bits per heavy atom. The SMILES string of the molecule is COc1ccc(S(=O)(=O)NC2=NCN([C@@H]3CCCC[C@@H]3C)CN2)cc1. The minimum absolute atomic E-state index is 0.182. The fourth-order valence-electron chi connectivity index (χ4n) is 3.51. The van der Waals surface area contributed by atoms with Crippen LogP contribution in [0.4, 0.5) is 0 Å². The fraction of sp³-hybridized carbons (Fsp3) is 0.588. The Bertz CT molecular complexity index is 718. The number of aliphatic imine (C=N–C) groups is 1. The molecule has 0 aromatic heterocycles. The van der Waals surface area contributed by atoms with Gasteiger partial charge in [0.1, 0.15) is 5.75 Å². The molecule has 7 nitrogen and oxygen atoms in total. The number of nitrogens with one attached hydrogen (secondary N) is 2. The summed E-state index contributed by atoms with van der Waals surface area (Å²) >= 11 is 0. The highest BCUT2D eigenvalue weighted by Crippen LogP contribution is 2.28.